The minimum Gasteiger partial charge on any atom is -0.351 e. The van der Waals surface area contributed by atoms with Gasteiger partial charge in [0.2, 0.25) is 11.8 Å². The second-order valence-electron chi connectivity index (χ2n) is 6.15. The van der Waals surface area contributed by atoms with Gasteiger partial charge in [0.05, 0.1) is 13.1 Å². The van der Waals surface area contributed by atoms with E-state index in [2.05, 4.69) is 10.6 Å². The highest BCUT2D eigenvalue weighted by Crippen LogP contribution is 2.29. The first-order valence-electron chi connectivity index (χ1n) is 8.32. The number of nitrogens with one attached hydrogen (secondary N) is 2. The predicted molar refractivity (Wildman–Crippen MR) is 97.8 cm³/mol. The van der Waals surface area contributed by atoms with Crippen molar-refractivity contribution < 1.29 is 9.59 Å². The maximum Gasteiger partial charge on any atom is 0.223 e. The van der Waals surface area contributed by atoms with E-state index in [1.54, 1.807) is 22.7 Å². The highest BCUT2D eigenvalue weighted by atomic mass is 32.1. The molecule has 2 atom stereocenters. The number of hydrogen-bond acceptors (Lipinski definition) is 4. The summed E-state index contributed by atoms with van der Waals surface area (Å²) in [6.45, 7) is 1.17. The van der Waals surface area contributed by atoms with E-state index in [9.17, 15) is 9.59 Å². The third-order valence-electron chi connectivity index (χ3n) is 4.45. The molecule has 0 saturated heterocycles. The van der Waals surface area contributed by atoms with Gasteiger partial charge in [-0.15, -0.1) is 22.7 Å². The van der Waals surface area contributed by atoms with E-state index in [1.807, 2.05) is 35.0 Å². The monoisotopic (exact) mass is 362 g/mol. The lowest BCUT2D eigenvalue weighted by Gasteiger charge is -2.27. The molecule has 2 heterocycles. The van der Waals surface area contributed by atoms with Crippen LogP contribution in [0.2, 0.25) is 0 Å². The summed E-state index contributed by atoms with van der Waals surface area (Å²) in [4.78, 5) is 27.1. The molecule has 0 radical (unpaired) electrons. The molecule has 2 N–H and O–H groups in total. The first-order valence-corrected chi connectivity index (χ1v) is 10.1. The predicted octanol–water partition coefficient (Wildman–Crippen LogP) is 3.55. The Bertz CT molecular complexity index is 596. The van der Waals surface area contributed by atoms with Crippen molar-refractivity contribution in [2.45, 2.75) is 38.8 Å². The summed E-state index contributed by atoms with van der Waals surface area (Å²) in [5.74, 6) is 0.0747. The van der Waals surface area contributed by atoms with Crippen molar-refractivity contribution in [3.05, 3.63) is 44.8 Å². The molecule has 0 bridgehead atoms. The van der Waals surface area contributed by atoms with Gasteiger partial charge in [0.1, 0.15) is 0 Å². The van der Waals surface area contributed by atoms with Crippen LogP contribution in [-0.2, 0) is 22.7 Å². The van der Waals surface area contributed by atoms with Crippen LogP contribution in [0.25, 0.3) is 0 Å². The molecule has 2 aromatic heterocycles. The van der Waals surface area contributed by atoms with Crippen LogP contribution in [0.5, 0.6) is 0 Å². The first-order chi connectivity index (χ1) is 11.7. The van der Waals surface area contributed by atoms with Crippen LogP contribution in [0.1, 0.15) is 35.4 Å². The van der Waals surface area contributed by atoms with E-state index in [0.29, 0.717) is 19.5 Å². The van der Waals surface area contributed by atoms with E-state index in [0.717, 1.165) is 29.0 Å². The Morgan fingerprint density at radius 3 is 1.83 bits per heavy atom. The number of carbonyl (C=O) groups excluding carboxylic acids is 2. The van der Waals surface area contributed by atoms with Crippen molar-refractivity contribution in [3.8, 4) is 0 Å². The zero-order valence-electron chi connectivity index (χ0n) is 13.5. The van der Waals surface area contributed by atoms with Gasteiger partial charge in [0, 0.05) is 21.6 Å². The van der Waals surface area contributed by atoms with Crippen molar-refractivity contribution in [1.82, 2.24) is 10.6 Å². The van der Waals surface area contributed by atoms with Crippen LogP contribution in [0.4, 0.5) is 0 Å². The lowest BCUT2D eigenvalue weighted by atomic mass is 9.80. The average molecular weight is 363 g/mol. The van der Waals surface area contributed by atoms with E-state index in [1.165, 1.54) is 0 Å². The third-order valence-corrected chi connectivity index (χ3v) is 6.20. The van der Waals surface area contributed by atoms with Gasteiger partial charge in [-0.1, -0.05) is 18.6 Å². The second kappa shape index (κ2) is 8.44. The Labute approximate surface area is 150 Å². The van der Waals surface area contributed by atoms with Gasteiger partial charge in [0.25, 0.3) is 0 Å². The summed E-state index contributed by atoms with van der Waals surface area (Å²) < 4.78 is 0. The molecule has 24 heavy (non-hydrogen) atoms. The van der Waals surface area contributed by atoms with Crippen molar-refractivity contribution >= 4 is 34.5 Å². The molecule has 1 fully saturated rings. The molecule has 0 spiro atoms. The molecular weight excluding hydrogens is 340 g/mol. The highest BCUT2D eigenvalue weighted by Gasteiger charge is 2.30. The van der Waals surface area contributed by atoms with Gasteiger partial charge < -0.3 is 10.6 Å². The summed E-state index contributed by atoms with van der Waals surface area (Å²) in [5, 5.41) is 10.0. The van der Waals surface area contributed by atoms with Gasteiger partial charge in [-0.3, -0.25) is 9.59 Å². The normalized spacial score (nSPS) is 20.5. The Kier molecular flexibility index (Phi) is 6.04. The van der Waals surface area contributed by atoms with Gasteiger partial charge >= 0.3 is 0 Å². The molecule has 1 aliphatic rings. The Morgan fingerprint density at radius 1 is 0.917 bits per heavy atom. The molecule has 4 nitrogen and oxygen atoms in total. The Balaban J connectivity index is 1.46. The molecule has 3 rings (SSSR count). The number of thiophene rings is 2. The summed E-state index contributed by atoms with van der Waals surface area (Å²) in [7, 11) is 0. The van der Waals surface area contributed by atoms with Gasteiger partial charge in [-0.25, -0.2) is 0 Å². The molecule has 6 heteroatoms. The van der Waals surface area contributed by atoms with Gasteiger partial charge in [-0.05, 0) is 42.2 Å². The van der Waals surface area contributed by atoms with E-state index < -0.39 is 0 Å². The highest BCUT2D eigenvalue weighted by molar-refractivity contribution is 7.10. The van der Waals surface area contributed by atoms with Crippen molar-refractivity contribution in [1.29, 1.82) is 0 Å². The fourth-order valence-corrected chi connectivity index (χ4v) is 4.42. The van der Waals surface area contributed by atoms with Crippen LogP contribution in [-0.4, -0.2) is 11.8 Å². The zero-order valence-corrected chi connectivity index (χ0v) is 15.1. The topological polar surface area (TPSA) is 58.2 Å². The molecule has 0 aromatic carbocycles. The van der Waals surface area contributed by atoms with Gasteiger partial charge in [-0.2, -0.15) is 0 Å². The molecule has 128 valence electrons. The minimum atomic E-state index is -0.0452. The number of amides is 2. The molecule has 2 aromatic rings. The zero-order chi connectivity index (χ0) is 16.8. The van der Waals surface area contributed by atoms with Crippen molar-refractivity contribution in [2.24, 2.45) is 11.8 Å². The van der Waals surface area contributed by atoms with Crippen LogP contribution >= 0.6 is 22.7 Å². The summed E-state index contributed by atoms with van der Waals surface area (Å²) >= 11 is 3.29. The first kappa shape index (κ1) is 17.2. The van der Waals surface area contributed by atoms with E-state index in [4.69, 9.17) is 0 Å². The Morgan fingerprint density at radius 2 is 1.42 bits per heavy atom. The fourth-order valence-electron chi connectivity index (χ4n) is 3.13. The fraction of sp³-hybridized carbons (Fsp3) is 0.444. The average Bonchev–Trinajstić information content (AvgIpc) is 3.31. The number of carbonyl (C=O) groups is 2. The maximum atomic E-state index is 12.4. The summed E-state index contributed by atoms with van der Waals surface area (Å²) in [6.07, 6.45) is 3.36. The molecular formula is C18H22N2O2S2. The lowest BCUT2D eigenvalue weighted by Crippen LogP contribution is -2.38. The summed E-state index contributed by atoms with van der Waals surface area (Å²) in [6, 6.07) is 8.01. The quantitative estimate of drug-likeness (QED) is 0.826. The smallest absolute Gasteiger partial charge is 0.223 e. The largest absolute Gasteiger partial charge is 0.351 e. The van der Waals surface area contributed by atoms with E-state index in [-0.39, 0.29) is 23.7 Å². The molecule has 0 aliphatic heterocycles. The third kappa shape index (κ3) is 4.68. The lowest BCUT2D eigenvalue weighted by molar-refractivity contribution is -0.130. The minimum absolute atomic E-state index is 0.0452. The van der Waals surface area contributed by atoms with E-state index >= 15 is 0 Å². The van der Waals surface area contributed by atoms with Crippen molar-refractivity contribution in [3.63, 3.8) is 0 Å². The summed E-state index contributed by atoms with van der Waals surface area (Å²) in [5.41, 5.74) is 0. The van der Waals surface area contributed by atoms with Gasteiger partial charge in [0.15, 0.2) is 0 Å². The molecule has 1 saturated carbocycles. The maximum absolute atomic E-state index is 12.4. The van der Waals surface area contributed by atoms with Crippen LogP contribution in [0.15, 0.2) is 35.0 Å². The van der Waals surface area contributed by atoms with Crippen LogP contribution in [0.3, 0.4) is 0 Å². The SMILES string of the molecule is O=C(NCc1cccs1)[C@H]1CCC[C@H](C(=O)NCc2cccs2)C1. The molecule has 2 amide bonds. The number of rotatable bonds is 6. The molecule has 1 aliphatic carbocycles. The number of hydrogen-bond donors (Lipinski definition) is 2. The molecule has 0 unspecified atom stereocenters. The van der Waals surface area contributed by atoms with Crippen molar-refractivity contribution in [2.75, 3.05) is 0 Å². The van der Waals surface area contributed by atoms with Crippen LogP contribution < -0.4 is 10.6 Å². The Hall–Kier alpha value is -1.66. The second-order valence-corrected chi connectivity index (χ2v) is 8.22. The standard InChI is InChI=1S/C18H22N2O2S2/c21-17(19-11-15-6-2-8-23-15)13-4-1-5-14(10-13)18(22)20-12-16-7-3-9-24-16/h2-3,6-9,13-14H,1,4-5,10-12H2,(H,19,21)(H,20,22)/t13-,14-/m0/s1. The van der Waals surface area contributed by atoms with Crippen LogP contribution in [0, 0.1) is 11.8 Å².